The third-order valence-electron chi connectivity index (χ3n) is 3.59. The maximum Gasteiger partial charge on any atom is 0.224 e. The van der Waals surface area contributed by atoms with Crippen LogP contribution in [0.2, 0.25) is 20.9 Å². The molecule has 0 saturated carbocycles. The van der Waals surface area contributed by atoms with Crippen LogP contribution in [0, 0.1) is 13.8 Å². The normalized spacial score (nSPS) is 11.8. The van der Waals surface area contributed by atoms with Crippen LogP contribution in [0.4, 0.5) is 0 Å². The molecule has 6 nitrogen and oxygen atoms in total. The van der Waals surface area contributed by atoms with Gasteiger partial charge in [-0.25, -0.2) is 29.9 Å². The molecule has 3 heterocycles. The first-order valence-corrected chi connectivity index (χ1v) is 8.20. The van der Waals surface area contributed by atoms with Crippen molar-refractivity contribution in [3.63, 3.8) is 0 Å². The second-order valence-electron chi connectivity index (χ2n) is 5.09. The lowest BCUT2D eigenvalue weighted by atomic mass is 10.1. The summed E-state index contributed by atoms with van der Waals surface area (Å²) in [6, 6.07) is 0. The number of nitrogens with zero attached hydrogens (tertiary/aromatic N) is 6. The molecule has 0 fully saturated rings. The summed E-state index contributed by atoms with van der Waals surface area (Å²) in [5.74, 6) is 0.508. The number of aromatic nitrogens is 6. The van der Waals surface area contributed by atoms with Gasteiger partial charge in [0, 0.05) is 5.39 Å². The van der Waals surface area contributed by atoms with Gasteiger partial charge in [0.2, 0.25) is 10.6 Å². The molecule has 0 aliphatic heterocycles. The maximum atomic E-state index is 6.37. The van der Waals surface area contributed by atoms with Crippen LogP contribution in [0.5, 0.6) is 0 Å². The van der Waals surface area contributed by atoms with Crippen molar-refractivity contribution in [1.82, 2.24) is 29.9 Å². The van der Waals surface area contributed by atoms with Crippen LogP contribution in [0.15, 0.2) is 0 Å². The van der Waals surface area contributed by atoms with Crippen LogP contribution in [0.3, 0.4) is 0 Å². The van der Waals surface area contributed by atoms with Crippen molar-refractivity contribution in [1.29, 1.82) is 0 Å². The van der Waals surface area contributed by atoms with Gasteiger partial charge < -0.3 is 0 Å². The lowest BCUT2D eigenvalue weighted by molar-refractivity contribution is 1.09. The van der Waals surface area contributed by atoms with Crippen molar-refractivity contribution < 1.29 is 0 Å². The molecule has 0 saturated heterocycles. The summed E-state index contributed by atoms with van der Waals surface area (Å²) in [5, 5.41) is 2.12. The van der Waals surface area contributed by atoms with Crippen molar-refractivity contribution in [2.24, 2.45) is 0 Å². The van der Waals surface area contributed by atoms with Crippen LogP contribution >= 0.6 is 46.4 Å². The molecule has 4 rings (SSSR count). The molecule has 0 amide bonds. The Hall–Kier alpha value is -1.60. The molecule has 24 heavy (non-hydrogen) atoms. The third-order valence-corrected chi connectivity index (χ3v) is 4.47. The molecule has 4 aromatic rings. The Kier molecular flexibility index (Phi) is 3.61. The minimum Gasteiger partial charge on any atom is -0.232 e. The number of rotatable bonds is 0. The van der Waals surface area contributed by atoms with E-state index in [2.05, 4.69) is 29.9 Å². The molecular weight excluding hydrogens is 394 g/mol. The van der Waals surface area contributed by atoms with Crippen LogP contribution in [-0.2, 0) is 0 Å². The number of hydrogen-bond donors (Lipinski definition) is 0. The quantitative estimate of drug-likeness (QED) is 0.241. The molecule has 0 aliphatic carbocycles. The monoisotopic (exact) mass is 398 g/mol. The summed E-state index contributed by atoms with van der Waals surface area (Å²) in [6.07, 6.45) is 0. The Balaban J connectivity index is 2.49. The molecule has 0 atom stereocenters. The SMILES string of the molecule is Cc1nc(Cl)c2c(n1)c1c(C)nc(Cl)nc1c1c(Cl)nc(Cl)nc21. The number of hydrogen-bond acceptors (Lipinski definition) is 6. The van der Waals surface area contributed by atoms with E-state index in [1.165, 1.54) is 0 Å². The zero-order chi connectivity index (χ0) is 17.2. The second-order valence-corrected chi connectivity index (χ2v) is 6.49. The smallest absolute Gasteiger partial charge is 0.224 e. The maximum absolute atomic E-state index is 6.37. The predicted molar refractivity (Wildman–Crippen MR) is 95.2 cm³/mol. The van der Waals surface area contributed by atoms with E-state index in [9.17, 15) is 0 Å². The van der Waals surface area contributed by atoms with Crippen LogP contribution in [0.25, 0.3) is 32.7 Å². The molecule has 0 bridgehead atoms. The predicted octanol–water partition coefficient (Wildman–Crippen LogP) is 4.75. The Morgan fingerprint density at radius 2 is 1.04 bits per heavy atom. The Bertz CT molecular complexity index is 1000. The summed E-state index contributed by atoms with van der Waals surface area (Å²) >= 11 is 24.7. The molecule has 1 aromatic carbocycles. The first-order valence-electron chi connectivity index (χ1n) is 6.69. The van der Waals surface area contributed by atoms with Crippen molar-refractivity contribution in [2.75, 3.05) is 0 Å². The van der Waals surface area contributed by atoms with E-state index < -0.39 is 0 Å². The van der Waals surface area contributed by atoms with Crippen molar-refractivity contribution in [3.8, 4) is 0 Å². The Labute approximate surface area is 155 Å². The topological polar surface area (TPSA) is 77.3 Å². The molecule has 120 valence electrons. The molecular formula is C14H6Cl4N6. The summed E-state index contributed by atoms with van der Waals surface area (Å²) in [5.41, 5.74) is 2.11. The molecule has 0 radical (unpaired) electrons. The van der Waals surface area contributed by atoms with Crippen LogP contribution in [0.1, 0.15) is 11.5 Å². The average molecular weight is 400 g/mol. The van der Waals surface area contributed by atoms with E-state index in [1.54, 1.807) is 13.8 Å². The van der Waals surface area contributed by atoms with Gasteiger partial charge in [0.25, 0.3) is 0 Å². The van der Waals surface area contributed by atoms with E-state index in [0.29, 0.717) is 44.2 Å². The van der Waals surface area contributed by atoms with Gasteiger partial charge >= 0.3 is 0 Å². The van der Waals surface area contributed by atoms with Gasteiger partial charge in [-0.3, -0.25) is 0 Å². The largest absolute Gasteiger partial charge is 0.232 e. The highest BCUT2D eigenvalue weighted by atomic mass is 35.5. The molecule has 10 heteroatoms. The first-order chi connectivity index (χ1) is 11.4. The van der Waals surface area contributed by atoms with Crippen molar-refractivity contribution in [2.45, 2.75) is 13.8 Å². The Morgan fingerprint density at radius 1 is 0.542 bits per heavy atom. The number of halogens is 4. The zero-order valence-corrected chi connectivity index (χ0v) is 15.2. The molecule has 0 N–H and O–H groups in total. The second kappa shape index (κ2) is 5.46. The average Bonchev–Trinajstić information content (AvgIpc) is 2.44. The minimum absolute atomic E-state index is 0.0123. The van der Waals surface area contributed by atoms with Crippen molar-refractivity contribution >= 4 is 79.1 Å². The molecule has 0 aliphatic rings. The van der Waals surface area contributed by atoms with Gasteiger partial charge in [-0.05, 0) is 37.0 Å². The minimum atomic E-state index is -0.0123. The van der Waals surface area contributed by atoms with E-state index in [4.69, 9.17) is 46.4 Å². The van der Waals surface area contributed by atoms with E-state index in [1.807, 2.05) is 0 Å². The molecule has 0 unspecified atom stereocenters. The lowest BCUT2D eigenvalue weighted by Crippen LogP contribution is -2.00. The van der Waals surface area contributed by atoms with Crippen LogP contribution in [-0.4, -0.2) is 29.9 Å². The van der Waals surface area contributed by atoms with Gasteiger partial charge in [-0.15, -0.1) is 0 Å². The molecule has 3 aromatic heterocycles. The fourth-order valence-electron chi connectivity index (χ4n) is 2.73. The summed E-state index contributed by atoms with van der Waals surface area (Å²) in [6.45, 7) is 3.55. The summed E-state index contributed by atoms with van der Waals surface area (Å²) in [7, 11) is 0. The Morgan fingerprint density at radius 3 is 1.71 bits per heavy atom. The number of fused-ring (bicyclic) bond motifs is 6. The first kappa shape index (κ1) is 15.9. The molecule has 0 spiro atoms. The van der Waals surface area contributed by atoms with Crippen molar-refractivity contribution in [3.05, 3.63) is 32.4 Å². The summed E-state index contributed by atoms with van der Waals surface area (Å²) < 4.78 is 0. The standard InChI is InChI=1S/C14H6Cl4N6/c1-3-5-8-6(11(15)21-4(2)20-8)10-7(9(5)22-13(17)19-3)12(16)24-14(18)23-10/h1-2H3. The fourth-order valence-corrected chi connectivity index (χ4v) is 3.71. The number of aryl methyl sites for hydroxylation is 2. The van der Waals surface area contributed by atoms with Gasteiger partial charge in [0.1, 0.15) is 16.1 Å². The highest BCUT2D eigenvalue weighted by molar-refractivity contribution is 6.43. The third kappa shape index (κ3) is 2.25. The lowest BCUT2D eigenvalue weighted by Gasteiger charge is -2.12. The highest BCUT2D eigenvalue weighted by Crippen LogP contribution is 2.39. The van der Waals surface area contributed by atoms with Gasteiger partial charge in [0.05, 0.1) is 33.0 Å². The fraction of sp³-hybridized carbons (Fsp3) is 0.143. The zero-order valence-electron chi connectivity index (χ0n) is 12.2. The van der Waals surface area contributed by atoms with Gasteiger partial charge in [-0.1, -0.05) is 23.2 Å². The number of benzene rings is 1. The van der Waals surface area contributed by atoms with E-state index in [0.717, 1.165) is 0 Å². The highest BCUT2D eigenvalue weighted by Gasteiger charge is 2.21. The van der Waals surface area contributed by atoms with E-state index >= 15 is 0 Å². The van der Waals surface area contributed by atoms with E-state index in [-0.39, 0.29) is 20.9 Å². The summed E-state index contributed by atoms with van der Waals surface area (Å²) in [4.78, 5) is 25.5. The van der Waals surface area contributed by atoms with Gasteiger partial charge in [-0.2, -0.15) is 0 Å². The van der Waals surface area contributed by atoms with Gasteiger partial charge in [0.15, 0.2) is 0 Å². The van der Waals surface area contributed by atoms with Crippen LogP contribution < -0.4 is 0 Å².